The molecule has 0 aliphatic heterocycles. The van der Waals surface area contributed by atoms with Crippen LogP contribution < -0.4 is 5.43 Å². The van der Waals surface area contributed by atoms with Crippen LogP contribution in [0, 0.1) is 0 Å². The number of hydrogen-bond donors (Lipinski definition) is 1. The summed E-state index contributed by atoms with van der Waals surface area (Å²) in [5.41, 5.74) is 5.40. The molecule has 0 aliphatic carbocycles. The number of amides is 1. The lowest BCUT2D eigenvalue weighted by Gasteiger charge is -1.99. The molecule has 3 aromatic rings. The van der Waals surface area contributed by atoms with Gasteiger partial charge in [-0.15, -0.1) is 11.3 Å². The van der Waals surface area contributed by atoms with Crippen molar-refractivity contribution in [2.45, 2.75) is 0 Å². The summed E-state index contributed by atoms with van der Waals surface area (Å²) in [5, 5.41) is 6.13. The van der Waals surface area contributed by atoms with Crippen LogP contribution in [0.3, 0.4) is 0 Å². The minimum atomic E-state index is -0.210. The normalized spacial score (nSPS) is 11.9. The number of carbonyl (C=O) groups is 1. The maximum atomic E-state index is 12.1. The molecule has 4 heteroatoms. The average molecular weight is 358 g/mol. The molecule has 26 heavy (non-hydrogen) atoms. The van der Waals surface area contributed by atoms with Gasteiger partial charge in [0, 0.05) is 0 Å². The summed E-state index contributed by atoms with van der Waals surface area (Å²) in [6.07, 6.45) is 7.68. The molecule has 1 amide bonds. The Morgan fingerprint density at radius 1 is 0.808 bits per heavy atom. The molecule has 0 atom stereocenters. The summed E-state index contributed by atoms with van der Waals surface area (Å²) in [7, 11) is 0. The predicted molar refractivity (Wildman–Crippen MR) is 110 cm³/mol. The van der Waals surface area contributed by atoms with Crippen LogP contribution in [0.2, 0.25) is 0 Å². The van der Waals surface area contributed by atoms with E-state index >= 15 is 0 Å². The number of thiophene rings is 1. The van der Waals surface area contributed by atoms with E-state index in [0.29, 0.717) is 10.6 Å². The first-order chi connectivity index (χ1) is 12.8. The monoisotopic (exact) mass is 358 g/mol. The lowest BCUT2D eigenvalue weighted by Crippen LogP contribution is -2.17. The topological polar surface area (TPSA) is 41.5 Å². The Bertz CT molecular complexity index is 860. The molecule has 3 rings (SSSR count). The molecule has 0 saturated heterocycles. The largest absolute Gasteiger partial charge is 0.281 e. The lowest BCUT2D eigenvalue weighted by atomic mass is 10.1. The maximum Gasteiger partial charge on any atom is 0.281 e. The Kier molecular flexibility index (Phi) is 6.29. The Morgan fingerprint density at radius 3 is 1.88 bits per heavy atom. The summed E-state index contributed by atoms with van der Waals surface area (Å²) < 4.78 is 0. The molecule has 1 N–H and O–H groups in total. The predicted octanol–water partition coefficient (Wildman–Crippen LogP) is 5.26. The summed E-state index contributed by atoms with van der Waals surface area (Å²) in [6.45, 7) is 0. The number of rotatable bonds is 6. The van der Waals surface area contributed by atoms with Crippen LogP contribution in [-0.2, 0) is 0 Å². The standard InChI is InChI=1S/C22H18N2OS/c25-22(21-12-7-17-26-21)24-23-20(15-13-18-8-3-1-4-9-18)16-14-19-10-5-2-6-11-19/h1-17H,(H,24,25)/b15-13-,16-14+,23-20?. The van der Waals surface area contributed by atoms with Gasteiger partial charge >= 0.3 is 0 Å². The highest BCUT2D eigenvalue weighted by atomic mass is 32.1. The SMILES string of the molecule is O=C(NN=C(/C=C\c1ccccc1)/C=C/c1ccccc1)c1cccs1. The third-order valence-corrected chi connectivity index (χ3v) is 4.39. The Labute approximate surface area is 157 Å². The average Bonchev–Trinajstić information content (AvgIpc) is 3.24. The number of benzene rings is 2. The Morgan fingerprint density at radius 2 is 1.38 bits per heavy atom. The molecule has 0 fully saturated rings. The van der Waals surface area contributed by atoms with Crippen molar-refractivity contribution >= 4 is 35.1 Å². The molecule has 1 aromatic heterocycles. The fourth-order valence-corrected chi connectivity index (χ4v) is 2.81. The quantitative estimate of drug-likeness (QED) is 0.474. The molecule has 128 valence electrons. The first kappa shape index (κ1) is 17.6. The molecular formula is C22H18N2OS. The van der Waals surface area contributed by atoms with Crippen LogP contribution in [-0.4, -0.2) is 11.6 Å². The van der Waals surface area contributed by atoms with Gasteiger partial charge in [-0.3, -0.25) is 4.79 Å². The van der Waals surface area contributed by atoms with E-state index in [1.807, 2.05) is 96.4 Å². The second kappa shape index (κ2) is 9.30. The van der Waals surface area contributed by atoms with Crippen LogP contribution in [0.15, 0.2) is 95.4 Å². The molecule has 0 saturated carbocycles. The number of nitrogens with one attached hydrogen (secondary N) is 1. The van der Waals surface area contributed by atoms with Crippen LogP contribution in [0.5, 0.6) is 0 Å². The van der Waals surface area contributed by atoms with Gasteiger partial charge in [-0.1, -0.05) is 78.9 Å². The molecule has 1 heterocycles. The van der Waals surface area contributed by atoms with Crippen LogP contribution >= 0.6 is 11.3 Å². The van der Waals surface area contributed by atoms with Gasteiger partial charge in [-0.25, -0.2) is 5.43 Å². The van der Waals surface area contributed by atoms with Crippen molar-refractivity contribution in [3.8, 4) is 0 Å². The third-order valence-electron chi connectivity index (χ3n) is 3.52. The zero-order valence-electron chi connectivity index (χ0n) is 14.1. The zero-order chi connectivity index (χ0) is 18.0. The third kappa shape index (κ3) is 5.40. The van der Waals surface area contributed by atoms with Gasteiger partial charge in [0.25, 0.3) is 5.91 Å². The number of hydrazone groups is 1. The lowest BCUT2D eigenvalue weighted by molar-refractivity contribution is 0.0959. The number of carbonyl (C=O) groups excluding carboxylic acids is 1. The van der Waals surface area contributed by atoms with Crippen molar-refractivity contribution in [2.75, 3.05) is 0 Å². The summed E-state index contributed by atoms with van der Waals surface area (Å²) in [6, 6.07) is 23.5. The van der Waals surface area contributed by atoms with Crippen LogP contribution in [0.25, 0.3) is 12.2 Å². The molecule has 2 aromatic carbocycles. The Balaban J connectivity index is 1.78. The highest BCUT2D eigenvalue weighted by Gasteiger charge is 2.04. The van der Waals surface area contributed by atoms with Crippen molar-refractivity contribution in [3.63, 3.8) is 0 Å². The first-order valence-corrected chi connectivity index (χ1v) is 9.07. The minimum Gasteiger partial charge on any atom is -0.266 e. The second-order valence-corrected chi connectivity index (χ2v) is 6.39. The Hall–Kier alpha value is -3.24. The molecule has 0 radical (unpaired) electrons. The number of nitrogens with zero attached hydrogens (tertiary/aromatic N) is 1. The van der Waals surface area contributed by atoms with Gasteiger partial charge in [0.05, 0.1) is 10.6 Å². The van der Waals surface area contributed by atoms with E-state index in [1.165, 1.54) is 11.3 Å². The highest BCUT2D eigenvalue weighted by Crippen LogP contribution is 2.08. The van der Waals surface area contributed by atoms with E-state index in [1.54, 1.807) is 6.07 Å². The van der Waals surface area contributed by atoms with Gasteiger partial charge in [0.1, 0.15) is 0 Å². The van der Waals surface area contributed by atoms with Gasteiger partial charge < -0.3 is 0 Å². The molecular weight excluding hydrogens is 340 g/mol. The maximum absolute atomic E-state index is 12.1. The fraction of sp³-hybridized carbons (Fsp3) is 0. The minimum absolute atomic E-state index is 0.210. The van der Waals surface area contributed by atoms with E-state index in [0.717, 1.165) is 11.1 Å². The number of hydrogen-bond acceptors (Lipinski definition) is 3. The van der Waals surface area contributed by atoms with Gasteiger partial charge in [0.2, 0.25) is 0 Å². The van der Waals surface area contributed by atoms with E-state index < -0.39 is 0 Å². The summed E-state index contributed by atoms with van der Waals surface area (Å²) >= 11 is 1.39. The summed E-state index contributed by atoms with van der Waals surface area (Å²) in [4.78, 5) is 12.7. The molecule has 3 nitrogen and oxygen atoms in total. The fourth-order valence-electron chi connectivity index (χ4n) is 2.20. The molecule has 0 bridgehead atoms. The van der Waals surface area contributed by atoms with Crippen molar-refractivity contribution in [1.29, 1.82) is 0 Å². The molecule has 0 spiro atoms. The van der Waals surface area contributed by atoms with E-state index in [4.69, 9.17) is 0 Å². The van der Waals surface area contributed by atoms with E-state index in [2.05, 4.69) is 10.5 Å². The van der Waals surface area contributed by atoms with Crippen molar-refractivity contribution in [3.05, 3.63) is 106 Å². The highest BCUT2D eigenvalue weighted by molar-refractivity contribution is 7.12. The van der Waals surface area contributed by atoms with E-state index in [9.17, 15) is 4.79 Å². The van der Waals surface area contributed by atoms with Gasteiger partial charge in [0.15, 0.2) is 0 Å². The van der Waals surface area contributed by atoms with Gasteiger partial charge in [-0.05, 0) is 34.7 Å². The smallest absolute Gasteiger partial charge is 0.266 e. The van der Waals surface area contributed by atoms with Crippen molar-refractivity contribution in [1.82, 2.24) is 5.43 Å². The summed E-state index contributed by atoms with van der Waals surface area (Å²) in [5.74, 6) is -0.210. The van der Waals surface area contributed by atoms with Crippen molar-refractivity contribution in [2.24, 2.45) is 5.10 Å². The number of allylic oxidation sites excluding steroid dienone is 2. The van der Waals surface area contributed by atoms with E-state index in [-0.39, 0.29) is 5.91 Å². The van der Waals surface area contributed by atoms with Crippen LogP contribution in [0.1, 0.15) is 20.8 Å². The zero-order valence-corrected chi connectivity index (χ0v) is 14.9. The molecule has 0 unspecified atom stereocenters. The second-order valence-electron chi connectivity index (χ2n) is 5.44. The van der Waals surface area contributed by atoms with Crippen LogP contribution in [0.4, 0.5) is 0 Å². The van der Waals surface area contributed by atoms with Crippen molar-refractivity contribution < 1.29 is 4.79 Å². The first-order valence-electron chi connectivity index (χ1n) is 8.19. The van der Waals surface area contributed by atoms with Gasteiger partial charge in [-0.2, -0.15) is 5.10 Å². The molecule has 0 aliphatic rings.